The molecule has 29 heavy (non-hydrogen) atoms. The van der Waals surface area contributed by atoms with E-state index in [-0.39, 0.29) is 41.5 Å². The zero-order valence-electron chi connectivity index (χ0n) is 17.2. The molecule has 0 unspecified atom stereocenters. The Morgan fingerprint density at radius 2 is 1.93 bits per heavy atom. The van der Waals surface area contributed by atoms with Gasteiger partial charge in [-0.15, -0.1) is 0 Å². The van der Waals surface area contributed by atoms with Crippen LogP contribution in [-0.2, 0) is 17.7 Å². The van der Waals surface area contributed by atoms with Gasteiger partial charge in [-0.3, -0.25) is 14.2 Å². The van der Waals surface area contributed by atoms with Crippen molar-refractivity contribution >= 4 is 5.78 Å². The maximum Gasteiger partial charge on any atom is 0.271 e. The predicted octanol–water partition coefficient (Wildman–Crippen LogP) is 2.98. The van der Waals surface area contributed by atoms with Crippen LogP contribution in [0.25, 0.3) is 0 Å². The molecule has 0 radical (unpaired) electrons. The van der Waals surface area contributed by atoms with Crippen molar-refractivity contribution in [1.29, 1.82) is 5.26 Å². The maximum atomic E-state index is 12.9. The summed E-state index contributed by atoms with van der Waals surface area (Å²) in [4.78, 5) is 25.5. The Morgan fingerprint density at radius 3 is 2.48 bits per heavy atom. The molecule has 0 aliphatic rings. The summed E-state index contributed by atoms with van der Waals surface area (Å²) in [5.41, 5.74) is 0.194. The number of rotatable bonds is 9. The van der Waals surface area contributed by atoms with Gasteiger partial charge in [0.05, 0.1) is 18.8 Å². The molecule has 2 aromatic rings. The average Bonchev–Trinajstić information content (AvgIpc) is 2.68. The van der Waals surface area contributed by atoms with Crippen LogP contribution in [0, 0.1) is 18.3 Å². The fourth-order valence-electron chi connectivity index (χ4n) is 3.05. The van der Waals surface area contributed by atoms with Crippen LogP contribution < -0.4 is 10.3 Å². The summed E-state index contributed by atoms with van der Waals surface area (Å²) in [6.07, 6.45) is 0.540. The fraction of sp³-hybridized carbons (Fsp3) is 0.409. The highest BCUT2D eigenvalue weighted by Crippen LogP contribution is 2.24. The second-order valence-corrected chi connectivity index (χ2v) is 6.99. The summed E-state index contributed by atoms with van der Waals surface area (Å²) in [6, 6.07) is 8.87. The van der Waals surface area contributed by atoms with Crippen LogP contribution in [0.1, 0.15) is 47.3 Å². The molecule has 154 valence electrons. The first kappa shape index (κ1) is 22.2. The highest BCUT2D eigenvalue weighted by atomic mass is 16.5. The lowest BCUT2D eigenvalue weighted by molar-refractivity contribution is 0.0743. The zero-order valence-corrected chi connectivity index (χ0v) is 17.2. The normalized spacial score (nSPS) is 10.8. The number of aromatic nitrogens is 1. The molecular weight excluding hydrogens is 372 g/mol. The van der Waals surface area contributed by atoms with E-state index in [1.165, 1.54) is 6.92 Å². The Bertz CT molecular complexity index is 969. The van der Waals surface area contributed by atoms with E-state index < -0.39 is 11.4 Å². The van der Waals surface area contributed by atoms with Gasteiger partial charge in [0.15, 0.2) is 5.78 Å². The molecule has 0 saturated heterocycles. The van der Waals surface area contributed by atoms with Crippen LogP contribution in [0.5, 0.6) is 11.6 Å². The summed E-state index contributed by atoms with van der Waals surface area (Å²) < 4.78 is 11.6. The van der Waals surface area contributed by atoms with Crippen LogP contribution in [0.4, 0.5) is 0 Å². The van der Waals surface area contributed by atoms with Crippen LogP contribution in [0.2, 0.25) is 0 Å². The monoisotopic (exact) mass is 398 g/mol. The lowest BCUT2D eigenvalue weighted by atomic mass is 9.97. The molecule has 0 saturated carbocycles. The van der Waals surface area contributed by atoms with E-state index in [1.54, 1.807) is 31.4 Å². The number of carbonyl (C=O) groups is 1. The number of benzene rings is 1. The lowest BCUT2D eigenvalue weighted by Gasteiger charge is -2.16. The lowest BCUT2D eigenvalue weighted by Crippen LogP contribution is -2.27. The summed E-state index contributed by atoms with van der Waals surface area (Å²) >= 11 is 0. The molecule has 0 bridgehead atoms. The molecule has 0 aliphatic heterocycles. The van der Waals surface area contributed by atoms with Gasteiger partial charge in [-0.1, -0.05) is 12.1 Å². The van der Waals surface area contributed by atoms with Gasteiger partial charge in [-0.2, -0.15) is 5.26 Å². The first-order valence-corrected chi connectivity index (χ1v) is 9.44. The first-order valence-electron chi connectivity index (χ1n) is 9.44. The van der Waals surface area contributed by atoms with Crippen LogP contribution in [0.15, 0.2) is 29.1 Å². The van der Waals surface area contributed by atoms with Crippen molar-refractivity contribution in [2.45, 2.75) is 46.3 Å². The quantitative estimate of drug-likeness (QED) is 0.515. The molecular formula is C22H26N2O5. The number of nitrogens with zero attached hydrogens (tertiary/aromatic N) is 2. The number of ether oxygens (including phenoxy) is 2. The molecule has 0 fully saturated rings. The van der Waals surface area contributed by atoms with Gasteiger partial charge in [0.1, 0.15) is 17.4 Å². The Kier molecular flexibility index (Phi) is 7.57. The summed E-state index contributed by atoms with van der Waals surface area (Å²) in [6.45, 7) is 5.86. The number of hydrogen-bond acceptors (Lipinski definition) is 6. The minimum absolute atomic E-state index is 0.00162. The molecule has 1 N–H and O–H groups in total. The van der Waals surface area contributed by atoms with E-state index in [0.717, 1.165) is 10.1 Å². The Balaban J connectivity index is 2.36. The van der Waals surface area contributed by atoms with Gasteiger partial charge >= 0.3 is 0 Å². The first-order chi connectivity index (χ1) is 13.8. The van der Waals surface area contributed by atoms with Crippen LogP contribution in [-0.4, -0.2) is 35.3 Å². The second-order valence-electron chi connectivity index (χ2n) is 6.99. The van der Waals surface area contributed by atoms with Crippen molar-refractivity contribution in [2.75, 3.05) is 13.7 Å². The van der Waals surface area contributed by atoms with E-state index in [0.29, 0.717) is 18.8 Å². The predicted molar refractivity (Wildman–Crippen MR) is 109 cm³/mol. The van der Waals surface area contributed by atoms with E-state index in [2.05, 4.69) is 0 Å². The number of ketones is 1. The van der Waals surface area contributed by atoms with E-state index in [4.69, 9.17) is 9.47 Å². The van der Waals surface area contributed by atoms with Gasteiger partial charge in [0.25, 0.3) is 5.56 Å². The molecule has 1 aromatic carbocycles. The molecule has 7 heteroatoms. The van der Waals surface area contributed by atoms with Gasteiger partial charge in [0.2, 0.25) is 5.88 Å². The van der Waals surface area contributed by atoms with Crippen molar-refractivity contribution in [2.24, 2.45) is 0 Å². The van der Waals surface area contributed by atoms with Gasteiger partial charge in [-0.05, 0) is 50.5 Å². The highest BCUT2D eigenvalue weighted by Gasteiger charge is 2.24. The fourth-order valence-corrected chi connectivity index (χ4v) is 3.05. The topological polar surface area (TPSA) is 102 Å². The largest absolute Gasteiger partial charge is 0.497 e. The number of hydrogen-bond donors (Lipinski definition) is 1. The number of Topliss-reactive ketones (excluding diaryl/α,β-unsaturated/α-hetero) is 1. The van der Waals surface area contributed by atoms with Crippen molar-refractivity contribution in [3.05, 3.63) is 56.9 Å². The minimum Gasteiger partial charge on any atom is -0.497 e. The zero-order chi connectivity index (χ0) is 21.6. The molecule has 0 amide bonds. The van der Waals surface area contributed by atoms with Crippen molar-refractivity contribution in [3.8, 4) is 17.7 Å². The standard InChI is InChI=1S/C22H26N2O5/c1-14(2)29-11-5-10-24-21(26)18(13-23)15(3)20(22(24)27)19(25)12-16-6-8-17(28-4)9-7-16/h6-9,14,27H,5,10-12H2,1-4H3. The third-order valence-electron chi connectivity index (χ3n) is 4.58. The maximum absolute atomic E-state index is 12.9. The summed E-state index contributed by atoms with van der Waals surface area (Å²) in [5, 5.41) is 20.1. The molecule has 0 spiro atoms. The van der Waals surface area contributed by atoms with E-state index in [9.17, 15) is 20.0 Å². The molecule has 0 atom stereocenters. The molecule has 1 heterocycles. The van der Waals surface area contributed by atoms with Gasteiger partial charge in [0, 0.05) is 19.6 Å². The smallest absolute Gasteiger partial charge is 0.271 e. The molecule has 0 aliphatic carbocycles. The Labute approximate surface area is 170 Å². The number of nitriles is 1. The number of methoxy groups -OCH3 is 1. The van der Waals surface area contributed by atoms with E-state index >= 15 is 0 Å². The van der Waals surface area contributed by atoms with Gasteiger partial charge < -0.3 is 14.6 Å². The van der Waals surface area contributed by atoms with Crippen molar-refractivity contribution in [1.82, 2.24) is 4.57 Å². The second kappa shape index (κ2) is 9.89. The average molecular weight is 398 g/mol. The summed E-state index contributed by atoms with van der Waals surface area (Å²) in [7, 11) is 1.56. The minimum atomic E-state index is -0.604. The third-order valence-corrected chi connectivity index (χ3v) is 4.58. The van der Waals surface area contributed by atoms with Crippen LogP contribution >= 0.6 is 0 Å². The number of pyridine rings is 1. The van der Waals surface area contributed by atoms with E-state index in [1.807, 2.05) is 19.9 Å². The Hall–Kier alpha value is -3.11. The van der Waals surface area contributed by atoms with Crippen LogP contribution in [0.3, 0.4) is 0 Å². The van der Waals surface area contributed by atoms with Gasteiger partial charge in [-0.25, -0.2) is 0 Å². The summed E-state index contributed by atoms with van der Waals surface area (Å²) in [5.74, 6) is -0.104. The number of aromatic hydroxyl groups is 1. The molecule has 7 nitrogen and oxygen atoms in total. The van der Waals surface area contributed by atoms with Crippen molar-refractivity contribution < 1.29 is 19.4 Å². The SMILES string of the molecule is COc1ccc(CC(=O)c2c(C)c(C#N)c(=O)n(CCCOC(C)C)c2O)cc1. The Morgan fingerprint density at radius 1 is 1.28 bits per heavy atom. The highest BCUT2D eigenvalue weighted by molar-refractivity contribution is 6.01. The third kappa shape index (κ3) is 5.24. The van der Waals surface area contributed by atoms with Crippen molar-refractivity contribution in [3.63, 3.8) is 0 Å². The molecule has 1 aromatic heterocycles. The molecule has 2 rings (SSSR count). The number of carbonyl (C=O) groups excluding carboxylic acids is 1.